The van der Waals surface area contributed by atoms with E-state index in [0.717, 1.165) is 22.3 Å². The minimum atomic E-state index is -4.10. The highest BCUT2D eigenvalue weighted by molar-refractivity contribution is 8.13. The molecule has 4 atom stereocenters. The van der Waals surface area contributed by atoms with Crippen molar-refractivity contribution in [2.24, 2.45) is 0 Å². The Hall–Kier alpha value is -4.65. The molecule has 4 unspecified atom stereocenters. The molecule has 2 amide bonds. The van der Waals surface area contributed by atoms with Crippen LogP contribution in [0.4, 0.5) is 9.59 Å². The lowest BCUT2D eigenvalue weighted by atomic mass is 10.2. The molecule has 6 rings (SSSR count). The van der Waals surface area contributed by atoms with E-state index < -0.39 is 87.1 Å². The summed E-state index contributed by atoms with van der Waals surface area (Å²) in [5, 5.41) is 9.49. The van der Waals surface area contributed by atoms with Crippen molar-refractivity contribution in [1.82, 2.24) is 9.80 Å². The Bertz CT molecular complexity index is 2890. The van der Waals surface area contributed by atoms with Gasteiger partial charge in [-0.05, 0) is 131 Å². The van der Waals surface area contributed by atoms with Gasteiger partial charge in [0.05, 0.1) is 70.2 Å². The number of aliphatic hydroxyl groups is 1. The summed E-state index contributed by atoms with van der Waals surface area (Å²) in [5.74, 6) is 0. The number of halogens is 1. The van der Waals surface area contributed by atoms with Gasteiger partial charge in [-0.1, -0.05) is 70.8 Å². The molecule has 71 heavy (non-hydrogen) atoms. The van der Waals surface area contributed by atoms with Crippen molar-refractivity contribution in [3.8, 4) is 0 Å². The summed E-state index contributed by atoms with van der Waals surface area (Å²) in [4.78, 5) is 27.8. The van der Waals surface area contributed by atoms with Crippen LogP contribution in [0, 0.1) is 27.7 Å². The van der Waals surface area contributed by atoms with Crippen LogP contribution >= 0.6 is 10.7 Å². The highest BCUT2D eigenvalue weighted by Gasteiger charge is 2.42. The Morgan fingerprint density at radius 2 is 0.817 bits per heavy atom. The molecule has 2 aliphatic rings. The monoisotopic (exact) mass is 1090 g/mol. The Balaban J connectivity index is 0.000000263. The maximum Gasteiger partial charge on any atom is 0.410 e. The molecule has 4 aromatic rings. The molecule has 2 aliphatic heterocycles. The fourth-order valence-electron chi connectivity index (χ4n) is 6.83. The lowest BCUT2D eigenvalue weighted by Crippen LogP contribution is -2.42. The number of likely N-dealkylation sites (tertiary alicyclic amines) is 2. The second-order valence-electron chi connectivity index (χ2n) is 19.0. The number of hydrogen-bond acceptors (Lipinski definition) is 16. The Morgan fingerprint density at radius 3 is 1.13 bits per heavy atom. The molecule has 2 heterocycles. The number of aliphatic hydroxyl groups excluding tert-OH is 1. The van der Waals surface area contributed by atoms with Crippen molar-refractivity contribution in [1.29, 1.82) is 0 Å². The second kappa shape index (κ2) is 23.9. The van der Waals surface area contributed by atoms with Gasteiger partial charge in [-0.25, -0.2) is 18.0 Å². The number of ether oxygens (including phenoxy) is 2. The van der Waals surface area contributed by atoms with E-state index in [9.17, 15) is 48.4 Å². The van der Waals surface area contributed by atoms with Gasteiger partial charge in [0.15, 0.2) is 0 Å². The maximum absolute atomic E-state index is 12.8. The van der Waals surface area contributed by atoms with Crippen LogP contribution < -0.4 is 0 Å². The first-order chi connectivity index (χ1) is 32.7. The van der Waals surface area contributed by atoms with E-state index >= 15 is 0 Å². The van der Waals surface area contributed by atoms with Gasteiger partial charge in [-0.2, -0.15) is 25.3 Å². The zero-order valence-electron chi connectivity index (χ0n) is 41.3. The SMILES string of the molecule is Cc1ccc(S(=O)(=O)Cl)cc1.Cc1ccc(S(=O)(=O)OC2CC(CO)N(C(=O)OC(C)(C)C)C2)cc1.Cc1ccc(S(=O)(=O)OCC2CC(OS(=O)(=O)c3ccc(C)cc3)CN2C(=O)OC(C)(C)C)cc1. The highest BCUT2D eigenvalue weighted by atomic mass is 35.7. The zero-order valence-corrected chi connectivity index (χ0v) is 45.3. The van der Waals surface area contributed by atoms with Crippen molar-refractivity contribution in [2.75, 3.05) is 26.3 Å². The van der Waals surface area contributed by atoms with Crippen LogP contribution in [0.25, 0.3) is 0 Å². The number of hydrogen-bond donors (Lipinski definition) is 1. The average molecular weight is 1090 g/mol. The summed E-state index contributed by atoms with van der Waals surface area (Å²) >= 11 is 0. The molecular weight excluding hydrogens is 1020 g/mol. The predicted molar refractivity (Wildman–Crippen MR) is 265 cm³/mol. The van der Waals surface area contributed by atoms with Crippen molar-refractivity contribution in [3.05, 3.63) is 119 Å². The summed E-state index contributed by atoms with van der Waals surface area (Å²) in [7, 11) is -10.6. The van der Waals surface area contributed by atoms with Crippen LogP contribution in [0.5, 0.6) is 0 Å². The van der Waals surface area contributed by atoms with Crippen LogP contribution in [0.2, 0.25) is 0 Å². The molecule has 0 aliphatic carbocycles. The third-order valence-electron chi connectivity index (χ3n) is 10.4. The number of amides is 2. The standard InChI is InChI=1S/C24H31NO8S2.C17H25NO6S.C7H7ClO2S/c1-17-6-10-21(11-7-17)34(27,28)31-16-19-14-20(15-25(19)23(26)32-24(3,4)5)33-35(29,30)22-12-8-18(2)9-13-22;1-12-5-7-15(8-6-12)25(21,22)24-14-9-13(11-19)18(10-14)16(20)23-17(2,3)4;1-6-2-4-7(5-3-6)11(8,9)10/h6-13,19-20H,14-16H2,1-5H3;5-8,13-14,19H,9-11H2,1-4H3;2-5H,1H3. The minimum absolute atomic E-state index is 0.00596. The molecule has 2 saturated heterocycles. The summed E-state index contributed by atoms with van der Waals surface area (Å²) in [5.41, 5.74) is 2.26. The quantitative estimate of drug-likeness (QED) is 0.105. The second-order valence-corrected chi connectivity index (χ2v) is 26.3. The topological polar surface area (TPSA) is 244 Å². The lowest BCUT2D eigenvalue weighted by Gasteiger charge is -2.28. The number of carbonyl (C=O) groups excluding carboxylic acids is 2. The van der Waals surface area contributed by atoms with Gasteiger partial charge >= 0.3 is 12.2 Å². The Morgan fingerprint density at radius 1 is 0.521 bits per heavy atom. The van der Waals surface area contributed by atoms with Crippen molar-refractivity contribution >= 4 is 62.3 Å². The Kier molecular flexibility index (Phi) is 19.9. The third kappa shape index (κ3) is 18.4. The summed E-state index contributed by atoms with van der Waals surface area (Å²) in [6.07, 6.45) is -2.65. The number of carbonyl (C=O) groups is 2. The van der Waals surface area contributed by atoms with Gasteiger partial charge in [-0.15, -0.1) is 0 Å². The third-order valence-corrected chi connectivity index (χ3v) is 15.8. The first-order valence-corrected chi connectivity index (χ1v) is 28.8. The summed E-state index contributed by atoms with van der Waals surface area (Å²) in [6, 6.07) is 23.8. The van der Waals surface area contributed by atoms with Gasteiger partial charge in [-0.3, -0.25) is 12.5 Å². The van der Waals surface area contributed by atoms with Crippen molar-refractivity contribution in [3.63, 3.8) is 0 Å². The molecule has 18 nitrogen and oxygen atoms in total. The maximum atomic E-state index is 12.8. The van der Waals surface area contributed by atoms with E-state index in [1.54, 1.807) is 90.1 Å². The smallest absolute Gasteiger partial charge is 0.410 e. The van der Waals surface area contributed by atoms with Crippen LogP contribution in [-0.2, 0) is 61.4 Å². The van der Waals surface area contributed by atoms with E-state index in [1.807, 2.05) is 27.7 Å². The number of rotatable bonds is 12. The van der Waals surface area contributed by atoms with Gasteiger partial charge < -0.3 is 24.4 Å². The molecule has 0 saturated carbocycles. The molecule has 0 aromatic heterocycles. The molecule has 392 valence electrons. The van der Waals surface area contributed by atoms with E-state index in [2.05, 4.69) is 0 Å². The van der Waals surface area contributed by atoms with Gasteiger partial charge in [0.1, 0.15) is 11.2 Å². The van der Waals surface area contributed by atoms with Gasteiger partial charge in [0, 0.05) is 10.7 Å². The van der Waals surface area contributed by atoms with Crippen LogP contribution in [0.15, 0.2) is 117 Å². The normalized spacial score (nSPS) is 18.7. The van der Waals surface area contributed by atoms with Crippen molar-refractivity contribution < 1.29 is 70.4 Å². The summed E-state index contributed by atoms with van der Waals surface area (Å²) < 4.78 is 124. The fraction of sp³-hybridized carbons (Fsp3) is 0.458. The number of benzene rings is 4. The van der Waals surface area contributed by atoms with Gasteiger partial charge in [0.25, 0.3) is 39.4 Å². The van der Waals surface area contributed by atoms with Crippen LogP contribution in [0.1, 0.15) is 76.6 Å². The molecule has 0 bridgehead atoms. The van der Waals surface area contributed by atoms with E-state index in [0.29, 0.717) is 0 Å². The molecular formula is C48H63ClN2O16S4. The number of nitrogens with zero attached hydrogens (tertiary/aromatic N) is 2. The average Bonchev–Trinajstić information content (AvgIpc) is 3.85. The first-order valence-electron chi connectivity index (χ1n) is 22.3. The largest absolute Gasteiger partial charge is 0.444 e. The van der Waals surface area contributed by atoms with E-state index in [1.165, 1.54) is 58.3 Å². The fourth-order valence-corrected chi connectivity index (χ4v) is 10.7. The zero-order chi connectivity index (χ0) is 53.3. The molecule has 23 heteroatoms. The molecule has 0 radical (unpaired) electrons. The van der Waals surface area contributed by atoms with E-state index in [-0.39, 0.29) is 58.7 Å². The number of aryl methyl sites for hydroxylation is 4. The molecule has 2 fully saturated rings. The van der Waals surface area contributed by atoms with E-state index in [4.69, 9.17) is 32.7 Å². The minimum Gasteiger partial charge on any atom is -0.444 e. The van der Waals surface area contributed by atoms with Crippen LogP contribution in [0.3, 0.4) is 0 Å². The highest BCUT2D eigenvalue weighted by Crippen LogP contribution is 2.29. The molecule has 0 spiro atoms. The lowest BCUT2D eigenvalue weighted by molar-refractivity contribution is 0.0162. The predicted octanol–water partition coefficient (Wildman–Crippen LogP) is 7.79. The van der Waals surface area contributed by atoms with Crippen LogP contribution in [-0.4, -0.2) is 123 Å². The van der Waals surface area contributed by atoms with Crippen molar-refractivity contribution in [2.45, 2.75) is 137 Å². The molecule has 1 N–H and O–H groups in total. The first kappa shape index (κ1) is 58.9. The summed E-state index contributed by atoms with van der Waals surface area (Å²) in [6.45, 7) is 17.0. The molecule has 4 aromatic carbocycles. The van der Waals surface area contributed by atoms with Gasteiger partial charge in [0.2, 0.25) is 0 Å². The Labute approximate surface area is 423 Å².